The number of carbonyl (C=O) groups is 1. The van der Waals surface area contributed by atoms with Crippen LogP contribution in [0.25, 0.3) is 10.9 Å². The quantitative estimate of drug-likeness (QED) is 0.322. The number of nitrogens with one attached hydrogen (secondary N) is 1. The van der Waals surface area contributed by atoms with Crippen LogP contribution in [0.1, 0.15) is 43.5 Å². The Hall–Kier alpha value is -3.99. The van der Waals surface area contributed by atoms with Gasteiger partial charge in [0.05, 0.1) is 32.6 Å². The number of hydrogen-bond donors (Lipinski definition) is 1. The van der Waals surface area contributed by atoms with Crippen molar-refractivity contribution >= 4 is 16.9 Å². The number of furan rings is 1. The van der Waals surface area contributed by atoms with E-state index in [1.165, 1.54) is 4.68 Å². The number of pyridine rings is 1. The lowest BCUT2D eigenvalue weighted by Gasteiger charge is -2.29. The van der Waals surface area contributed by atoms with Crippen molar-refractivity contribution in [3.05, 3.63) is 70.2 Å². The Morgan fingerprint density at radius 1 is 1.23 bits per heavy atom. The van der Waals surface area contributed by atoms with Crippen molar-refractivity contribution in [2.75, 3.05) is 13.7 Å². The second-order valence-electron chi connectivity index (χ2n) is 7.99. The lowest BCUT2D eigenvalue weighted by Crippen LogP contribution is -2.32. The van der Waals surface area contributed by atoms with Crippen molar-refractivity contribution in [1.29, 1.82) is 0 Å². The average Bonchev–Trinajstić information content (AvgIpc) is 3.52. The van der Waals surface area contributed by atoms with Gasteiger partial charge in [0, 0.05) is 23.0 Å². The highest BCUT2D eigenvalue weighted by Crippen LogP contribution is 2.27. The van der Waals surface area contributed by atoms with Crippen LogP contribution >= 0.6 is 0 Å². The molecule has 0 amide bonds. The predicted octanol–water partition coefficient (Wildman–Crippen LogP) is 2.83. The van der Waals surface area contributed by atoms with E-state index in [9.17, 15) is 9.59 Å². The number of aromatic nitrogens is 5. The minimum atomic E-state index is -0.423. The molecule has 0 saturated heterocycles. The maximum atomic E-state index is 13.0. The fraction of sp³-hybridized carbons (Fsp3) is 0.375. The highest BCUT2D eigenvalue weighted by molar-refractivity contribution is 5.80. The van der Waals surface area contributed by atoms with Crippen molar-refractivity contribution in [1.82, 2.24) is 30.1 Å². The summed E-state index contributed by atoms with van der Waals surface area (Å²) in [5.41, 5.74) is 1.11. The predicted molar refractivity (Wildman–Crippen MR) is 127 cm³/mol. The summed E-state index contributed by atoms with van der Waals surface area (Å²) >= 11 is 0. The van der Waals surface area contributed by atoms with Crippen molar-refractivity contribution in [2.24, 2.45) is 0 Å². The molecule has 184 valence electrons. The summed E-state index contributed by atoms with van der Waals surface area (Å²) in [5.74, 6) is 1.51. The maximum Gasteiger partial charge on any atom is 0.327 e. The second-order valence-corrected chi connectivity index (χ2v) is 7.99. The molecular weight excluding hydrogens is 452 g/mol. The van der Waals surface area contributed by atoms with Crippen LogP contribution in [0.4, 0.5) is 0 Å². The maximum absolute atomic E-state index is 13.0. The van der Waals surface area contributed by atoms with Crippen LogP contribution in [0, 0.1) is 0 Å². The molecule has 0 spiro atoms. The molecule has 0 unspecified atom stereocenters. The van der Waals surface area contributed by atoms with Crippen LogP contribution < -0.4 is 10.3 Å². The summed E-state index contributed by atoms with van der Waals surface area (Å²) in [7, 11) is 1.60. The number of ether oxygens (including phenoxy) is 2. The van der Waals surface area contributed by atoms with Crippen molar-refractivity contribution in [2.45, 2.75) is 45.9 Å². The normalized spacial score (nSPS) is 12.2. The third-order valence-corrected chi connectivity index (χ3v) is 5.71. The molecule has 0 aliphatic rings. The molecule has 1 N–H and O–H groups in total. The molecule has 0 aliphatic heterocycles. The van der Waals surface area contributed by atoms with Crippen LogP contribution in [-0.4, -0.2) is 49.8 Å². The van der Waals surface area contributed by atoms with E-state index in [1.54, 1.807) is 26.4 Å². The van der Waals surface area contributed by atoms with Crippen LogP contribution in [0.5, 0.6) is 5.75 Å². The zero-order chi connectivity index (χ0) is 24.8. The molecule has 0 bridgehead atoms. The third-order valence-electron chi connectivity index (χ3n) is 5.71. The van der Waals surface area contributed by atoms with Crippen molar-refractivity contribution < 1.29 is 18.7 Å². The minimum Gasteiger partial charge on any atom is -0.497 e. The minimum absolute atomic E-state index is 0.0996. The number of H-pyrrole nitrogens is 1. The first-order valence-electron chi connectivity index (χ1n) is 11.4. The molecule has 0 saturated carbocycles. The van der Waals surface area contributed by atoms with Gasteiger partial charge in [-0.2, -0.15) is 0 Å². The molecule has 0 radical (unpaired) electrons. The number of nitrogens with zero attached hydrogens (tertiary/aromatic N) is 5. The number of carbonyl (C=O) groups excluding carboxylic acids is 1. The van der Waals surface area contributed by atoms with Gasteiger partial charge in [-0.1, -0.05) is 6.92 Å². The van der Waals surface area contributed by atoms with E-state index in [4.69, 9.17) is 13.9 Å². The fourth-order valence-electron chi connectivity index (χ4n) is 4.07. The van der Waals surface area contributed by atoms with Gasteiger partial charge in [-0.3, -0.25) is 14.5 Å². The smallest absolute Gasteiger partial charge is 0.327 e. The Balaban J connectivity index is 1.70. The SMILES string of the molecule is CCOC(=O)Cn1nnnc1[C@H](CC)N(Cc1ccco1)Cc1cc2cc(OC)ccc2[nH]c1=O. The molecule has 11 nitrogen and oxygen atoms in total. The van der Waals surface area contributed by atoms with E-state index >= 15 is 0 Å². The summed E-state index contributed by atoms with van der Waals surface area (Å²) in [6.45, 7) is 4.63. The van der Waals surface area contributed by atoms with E-state index in [0.717, 1.165) is 16.7 Å². The molecule has 0 fully saturated rings. The number of tetrazole rings is 1. The first-order valence-corrected chi connectivity index (χ1v) is 11.4. The Morgan fingerprint density at radius 3 is 2.80 bits per heavy atom. The molecule has 3 heterocycles. The Kier molecular flexibility index (Phi) is 7.56. The third kappa shape index (κ3) is 5.57. The number of aromatic amines is 1. The highest BCUT2D eigenvalue weighted by Gasteiger charge is 2.27. The molecule has 3 aromatic heterocycles. The number of benzene rings is 1. The van der Waals surface area contributed by atoms with Gasteiger partial charge in [0.1, 0.15) is 18.1 Å². The lowest BCUT2D eigenvalue weighted by atomic mass is 10.1. The monoisotopic (exact) mass is 480 g/mol. The number of fused-ring (bicyclic) bond motifs is 1. The molecule has 4 rings (SSSR count). The largest absolute Gasteiger partial charge is 0.497 e. The van der Waals surface area contributed by atoms with Gasteiger partial charge in [0.15, 0.2) is 5.82 Å². The lowest BCUT2D eigenvalue weighted by molar-refractivity contribution is -0.144. The number of esters is 1. The van der Waals surface area contributed by atoms with Crippen LogP contribution in [-0.2, 0) is 29.2 Å². The van der Waals surface area contributed by atoms with Gasteiger partial charge in [-0.15, -0.1) is 5.10 Å². The summed E-state index contributed by atoms with van der Waals surface area (Å²) in [4.78, 5) is 30.1. The van der Waals surface area contributed by atoms with Gasteiger partial charge < -0.3 is 18.9 Å². The molecular formula is C24H28N6O5. The molecule has 4 aromatic rings. The van der Waals surface area contributed by atoms with Gasteiger partial charge in [-0.25, -0.2) is 4.68 Å². The van der Waals surface area contributed by atoms with Gasteiger partial charge in [0.2, 0.25) is 0 Å². The standard InChI is InChI=1S/C24H28N6O5/c1-4-21(23-26-27-28-30(23)15-22(31)34-5-2)29(14-19-7-6-10-35-19)13-17-11-16-12-18(33-3)8-9-20(16)25-24(17)32/h6-12,21H,4-5,13-15H2,1-3H3,(H,25,32)/t21-/m0/s1. The second kappa shape index (κ2) is 11.0. The molecule has 0 aliphatic carbocycles. The Labute approximate surface area is 201 Å². The van der Waals surface area contributed by atoms with Crippen LogP contribution in [0.15, 0.2) is 51.9 Å². The van der Waals surface area contributed by atoms with Crippen molar-refractivity contribution in [3.63, 3.8) is 0 Å². The van der Waals surface area contributed by atoms with Gasteiger partial charge in [0.25, 0.3) is 5.56 Å². The van der Waals surface area contributed by atoms with E-state index in [1.807, 2.05) is 37.3 Å². The van der Waals surface area contributed by atoms with E-state index in [2.05, 4.69) is 25.4 Å². The Bertz CT molecular complexity index is 1330. The van der Waals surface area contributed by atoms with Crippen molar-refractivity contribution in [3.8, 4) is 5.75 Å². The topological polar surface area (TPSA) is 128 Å². The number of hydrogen-bond acceptors (Lipinski definition) is 9. The average molecular weight is 481 g/mol. The van der Waals surface area contributed by atoms with Crippen LogP contribution in [0.2, 0.25) is 0 Å². The molecule has 1 atom stereocenters. The first-order chi connectivity index (χ1) is 17.0. The highest BCUT2D eigenvalue weighted by atomic mass is 16.5. The summed E-state index contributed by atoms with van der Waals surface area (Å²) in [5, 5.41) is 12.9. The van der Waals surface area contributed by atoms with E-state index in [0.29, 0.717) is 36.6 Å². The van der Waals surface area contributed by atoms with Gasteiger partial charge >= 0.3 is 5.97 Å². The summed E-state index contributed by atoms with van der Waals surface area (Å²) in [6, 6.07) is 10.7. The van der Waals surface area contributed by atoms with Gasteiger partial charge in [-0.05, 0) is 60.2 Å². The number of methoxy groups -OCH3 is 1. The van der Waals surface area contributed by atoms with Crippen LogP contribution in [0.3, 0.4) is 0 Å². The zero-order valence-corrected chi connectivity index (χ0v) is 19.9. The molecule has 11 heteroatoms. The molecule has 35 heavy (non-hydrogen) atoms. The zero-order valence-electron chi connectivity index (χ0n) is 19.9. The number of rotatable bonds is 11. The summed E-state index contributed by atoms with van der Waals surface area (Å²) < 4.78 is 17.4. The van der Waals surface area contributed by atoms with E-state index < -0.39 is 5.97 Å². The summed E-state index contributed by atoms with van der Waals surface area (Å²) in [6.07, 6.45) is 2.23. The van der Waals surface area contributed by atoms with E-state index in [-0.39, 0.29) is 24.8 Å². The molecule has 1 aromatic carbocycles. The first kappa shape index (κ1) is 24.1. The Morgan fingerprint density at radius 2 is 2.09 bits per heavy atom. The fourth-order valence-corrected chi connectivity index (χ4v) is 4.07.